The summed E-state index contributed by atoms with van der Waals surface area (Å²) in [4.78, 5) is 2.42. The Morgan fingerprint density at radius 1 is 1.47 bits per heavy atom. The summed E-state index contributed by atoms with van der Waals surface area (Å²) in [7, 11) is 2.20. The number of rotatable bonds is 2. The number of hydrogen-bond acceptors (Lipinski definition) is 2. The highest BCUT2D eigenvalue weighted by atomic mass is 35.5. The Balaban J connectivity index is 2.11. The Morgan fingerprint density at radius 3 is 3.00 bits per heavy atom. The molecule has 1 fully saturated rings. The summed E-state index contributed by atoms with van der Waals surface area (Å²) in [6.07, 6.45) is 1.05. The largest absolute Gasteiger partial charge is 0.311 e. The lowest BCUT2D eigenvalue weighted by Crippen LogP contribution is -2.55. The van der Waals surface area contributed by atoms with Crippen molar-refractivity contribution in [1.29, 1.82) is 0 Å². The Labute approximate surface area is 109 Å². The Kier molecular flexibility index (Phi) is 4.08. The minimum absolute atomic E-state index is 0.519. The van der Waals surface area contributed by atoms with Crippen molar-refractivity contribution in [3.05, 3.63) is 34.3 Å². The lowest BCUT2D eigenvalue weighted by molar-refractivity contribution is 0.163. The Morgan fingerprint density at radius 2 is 2.24 bits per heavy atom. The van der Waals surface area contributed by atoms with E-state index in [0.29, 0.717) is 12.1 Å². The van der Waals surface area contributed by atoms with Gasteiger partial charge in [0.25, 0.3) is 0 Å². The smallest absolute Gasteiger partial charge is 0.0408 e. The maximum Gasteiger partial charge on any atom is 0.0408 e. The minimum Gasteiger partial charge on any atom is -0.311 e. The maximum absolute atomic E-state index is 6.07. The van der Waals surface area contributed by atoms with Gasteiger partial charge in [-0.05, 0) is 50.6 Å². The molecule has 1 N–H and O–H groups in total. The average molecular weight is 253 g/mol. The lowest BCUT2D eigenvalue weighted by Gasteiger charge is -2.38. The minimum atomic E-state index is 0.519. The highest BCUT2D eigenvalue weighted by Crippen LogP contribution is 2.19. The Hall–Kier alpha value is -0.570. The molecular weight excluding hydrogens is 232 g/mol. The van der Waals surface area contributed by atoms with Crippen molar-refractivity contribution in [2.24, 2.45) is 0 Å². The van der Waals surface area contributed by atoms with Crippen LogP contribution in [0.2, 0.25) is 5.02 Å². The van der Waals surface area contributed by atoms with E-state index in [-0.39, 0.29) is 0 Å². The second-order valence-electron chi connectivity index (χ2n) is 5.06. The molecule has 0 radical (unpaired) electrons. The zero-order chi connectivity index (χ0) is 12.4. The van der Waals surface area contributed by atoms with E-state index in [9.17, 15) is 0 Å². The molecule has 1 heterocycles. The van der Waals surface area contributed by atoms with Crippen molar-refractivity contribution >= 4 is 11.6 Å². The molecule has 2 rings (SSSR count). The van der Waals surface area contributed by atoms with Gasteiger partial charge in [-0.2, -0.15) is 0 Å². The predicted octanol–water partition coefficient (Wildman–Crippen LogP) is 2.48. The topological polar surface area (TPSA) is 15.3 Å². The number of nitrogens with zero attached hydrogens (tertiary/aromatic N) is 1. The molecule has 1 aliphatic heterocycles. The molecule has 2 unspecified atom stereocenters. The first-order valence-electron chi connectivity index (χ1n) is 6.26. The van der Waals surface area contributed by atoms with Gasteiger partial charge in [0, 0.05) is 30.2 Å². The number of hydrogen-bond donors (Lipinski definition) is 1. The van der Waals surface area contributed by atoms with Gasteiger partial charge in [0.05, 0.1) is 0 Å². The summed E-state index contributed by atoms with van der Waals surface area (Å²) in [5, 5.41) is 4.45. The number of aryl methyl sites for hydroxylation is 1. The normalized spacial score (nSPS) is 26.1. The molecule has 2 nitrogen and oxygen atoms in total. The molecule has 0 spiro atoms. The van der Waals surface area contributed by atoms with Gasteiger partial charge in [-0.15, -0.1) is 0 Å². The lowest BCUT2D eigenvalue weighted by atomic mass is 9.95. The molecule has 2 atom stereocenters. The fourth-order valence-corrected chi connectivity index (χ4v) is 2.64. The molecule has 0 aliphatic carbocycles. The van der Waals surface area contributed by atoms with Crippen LogP contribution in [-0.2, 0) is 6.42 Å². The van der Waals surface area contributed by atoms with Crippen LogP contribution >= 0.6 is 11.6 Å². The van der Waals surface area contributed by atoms with Gasteiger partial charge < -0.3 is 10.2 Å². The first-order chi connectivity index (χ1) is 8.08. The van der Waals surface area contributed by atoms with Gasteiger partial charge in [-0.25, -0.2) is 0 Å². The molecule has 0 saturated carbocycles. The van der Waals surface area contributed by atoms with E-state index < -0.39 is 0 Å². The van der Waals surface area contributed by atoms with Gasteiger partial charge in [0.15, 0.2) is 0 Å². The van der Waals surface area contributed by atoms with Crippen LogP contribution in [0.1, 0.15) is 18.1 Å². The summed E-state index contributed by atoms with van der Waals surface area (Å²) >= 11 is 6.07. The molecule has 1 aromatic rings. The van der Waals surface area contributed by atoms with Crippen LogP contribution in [0.3, 0.4) is 0 Å². The molecule has 94 valence electrons. The fraction of sp³-hybridized carbons (Fsp3) is 0.571. The number of nitrogens with one attached hydrogen (secondary N) is 1. The number of piperazine rings is 1. The average Bonchev–Trinajstić information content (AvgIpc) is 2.30. The summed E-state index contributed by atoms with van der Waals surface area (Å²) in [5.74, 6) is 0. The van der Waals surface area contributed by atoms with Gasteiger partial charge in [-0.3, -0.25) is 0 Å². The molecule has 1 aliphatic rings. The van der Waals surface area contributed by atoms with Gasteiger partial charge in [0.1, 0.15) is 0 Å². The summed E-state index contributed by atoms with van der Waals surface area (Å²) < 4.78 is 0. The van der Waals surface area contributed by atoms with Gasteiger partial charge in [-0.1, -0.05) is 17.7 Å². The van der Waals surface area contributed by atoms with Crippen LogP contribution in [0.5, 0.6) is 0 Å². The molecule has 3 heteroatoms. The highest BCUT2D eigenvalue weighted by Gasteiger charge is 2.25. The third-order valence-corrected chi connectivity index (χ3v) is 4.13. The second kappa shape index (κ2) is 5.38. The summed E-state index contributed by atoms with van der Waals surface area (Å²) in [6, 6.07) is 7.26. The van der Waals surface area contributed by atoms with E-state index in [1.807, 2.05) is 6.07 Å². The monoisotopic (exact) mass is 252 g/mol. The first kappa shape index (κ1) is 12.9. The summed E-state index contributed by atoms with van der Waals surface area (Å²) in [5.41, 5.74) is 2.69. The van der Waals surface area contributed by atoms with Crippen molar-refractivity contribution < 1.29 is 0 Å². The molecule has 0 aromatic heterocycles. The molecule has 1 saturated heterocycles. The van der Waals surface area contributed by atoms with E-state index in [1.165, 1.54) is 11.1 Å². The number of likely N-dealkylation sites (N-methyl/N-ethyl adjacent to an activating group) is 1. The van der Waals surface area contributed by atoms with Crippen molar-refractivity contribution in [2.45, 2.75) is 32.4 Å². The molecular formula is C14H21ClN2. The standard InChI is InChI=1S/C14H21ClN2/c1-10-4-5-13(15)8-12(10)9-14-11(2)17(3)7-6-16-14/h4-5,8,11,14,16H,6-7,9H2,1-3H3. The fourth-order valence-electron chi connectivity index (χ4n) is 2.45. The molecule has 1 aromatic carbocycles. The second-order valence-corrected chi connectivity index (χ2v) is 5.49. The highest BCUT2D eigenvalue weighted by molar-refractivity contribution is 6.30. The van der Waals surface area contributed by atoms with E-state index in [4.69, 9.17) is 11.6 Å². The van der Waals surface area contributed by atoms with Crippen LogP contribution in [0.4, 0.5) is 0 Å². The number of benzene rings is 1. The SMILES string of the molecule is Cc1ccc(Cl)cc1CC1NCCN(C)C1C. The third-order valence-electron chi connectivity index (χ3n) is 3.90. The zero-order valence-corrected chi connectivity index (χ0v) is 11.6. The molecule has 0 amide bonds. The molecule has 17 heavy (non-hydrogen) atoms. The third kappa shape index (κ3) is 3.01. The van der Waals surface area contributed by atoms with Crippen molar-refractivity contribution in [1.82, 2.24) is 10.2 Å². The van der Waals surface area contributed by atoms with Crippen molar-refractivity contribution in [3.8, 4) is 0 Å². The molecule has 0 bridgehead atoms. The van der Waals surface area contributed by atoms with E-state index in [1.54, 1.807) is 0 Å². The first-order valence-corrected chi connectivity index (χ1v) is 6.64. The van der Waals surface area contributed by atoms with Crippen LogP contribution < -0.4 is 5.32 Å². The van der Waals surface area contributed by atoms with Gasteiger partial charge in [0.2, 0.25) is 0 Å². The van der Waals surface area contributed by atoms with Gasteiger partial charge >= 0.3 is 0 Å². The van der Waals surface area contributed by atoms with Crippen molar-refractivity contribution in [2.75, 3.05) is 20.1 Å². The van der Waals surface area contributed by atoms with E-state index in [0.717, 1.165) is 24.5 Å². The summed E-state index contributed by atoms with van der Waals surface area (Å²) in [6.45, 7) is 6.65. The van der Waals surface area contributed by atoms with Crippen LogP contribution in [0, 0.1) is 6.92 Å². The zero-order valence-electron chi connectivity index (χ0n) is 10.8. The van der Waals surface area contributed by atoms with E-state index >= 15 is 0 Å². The maximum atomic E-state index is 6.07. The van der Waals surface area contributed by atoms with Crippen LogP contribution in [0.15, 0.2) is 18.2 Å². The van der Waals surface area contributed by atoms with Crippen LogP contribution in [0.25, 0.3) is 0 Å². The quantitative estimate of drug-likeness (QED) is 0.870. The number of halogens is 1. The van der Waals surface area contributed by atoms with Crippen molar-refractivity contribution in [3.63, 3.8) is 0 Å². The van der Waals surface area contributed by atoms with Crippen LogP contribution in [-0.4, -0.2) is 37.1 Å². The van der Waals surface area contributed by atoms with E-state index in [2.05, 4.69) is 43.2 Å². The Bertz CT molecular complexity index is 392. The predicted molar refractivity (Wildman–Crippen MR) is 73.8 cm³/mol.